The fourth-order valence-electron chi connectivity index (χ4n) is 1.64. The van der Waals surface area contributed by atoms with Crippen LogP contribution >= 0.6 is 0 Å². The van der Waals surface area contributed by atoms with E-state index < -0.39 is 10.0 Å². The number of ether oxygens (including phenoxy) is 1. The maximum absolute atomic E-state index is 11.7. The van der Waals surface area contributed by atoms with Gasteiger partial charge in [0.1, 0.15) is 0 Å². The SMILES string of the molecule is C[C@H]1CN(S(=O)(=O)CCN)C[C@H](C)O1. The molecule has 2 N–H and O–H groups in total. The molecule has 1 fully saturated rings. The Morgan fingerprint density at radius 1 is 1.36 bits per heavy atom. The number of hydrogen-bond donors (Lipinski definition) is 1. The lowest BCUT2D eigenvalue weighted by Gasteiger charge is -2.34. The molecule has 1 aliphatic heterocycles. The fraction of sp³-hybridized carbons (Fsp3) is 1.00. The van der Waals surface area contributed by atoms with E-state index in [-0.39, 0.29) is 24.5 Å². The van der Waals surface area contributed by atoms with Gasteiger partial charge in [-0.1, -0.05) is 0 Å². The van der Waals surface area contributed by atoms with Crippen LogP contribution in [0.3, 0.4) is 0 Å². The lowest BCUT2D eigenvalue weighted by atomic mass is 10.3. The average molecular weight is 222 g/mol. The van der Waals surface area contributed by atoms with Crippen LogP contribution in [0.25, 0.3) is 0 Å². The largest absolute Gasteiger partial charge is 0.373 e. The van der Waals surface area contributed by atoms with Crippen molar-refractivity contribution in [3.8, 4) is 0 Å². The number of hydrogen-bond acceptors (Lipinski definition) is 4. The Labute approximate surface area is 85.3 Å². The topological polar surface area (TPSA) is 72.6 Å². The monoisotopic (exact) mass is 222 g/mol. The summed E-state index contributed by atoms with van der Waals surface area (Å²) < 4.78 is 30.3. The summed E-state index contributed by atoms with van der Waals surface area (Å²) in [6.45, 7) is 4.79. The summed E-state index contributed by atoms with van der Waals surface area (Å²) in [7, 11) is -3.17. The zero-order valence-corrected chi connectivity index (χ0v) is 9.46. The van der Waals surface area contributed by atoms with Gasteiger partial charge in [0, 0.05) is 19.6 Å². The zero-order valence-electron chi connectivity index (χ0n) is 8.64. The second-order valence-corrected chi connectivity index (χ2v) is 5.77. The molecule has 1 rings (SSSR count). The molecule has 0 aliphatic carbocycles. The Hall–Kier alpha value is -0.170. The van der Waals surface area contributed by atoms with Gasteiger partial charge in [0.2, 0.25) is 10.0 Å². The third-order valence-electron chi connectivity index (χ3n) is 2.16. The molecule has 0 radical (unpaired) electrons. The highest BCUT2D eigenvalue weighted by Gasteiger charge is 2.30. The van der Waals surface area contributed by atoms with Crippen LogP contribution in [0.5, 0.6) is 0 Å². The van der Waals surface area contributed by atoms with E-state index >= 15 is 0 Å². The highest BCUT2D eigenvalue weighted by atomic mass is 32.2. The molecule has 0 bridgehead atoms. The van der Waals surface area contributed by atoms with Crippen molar-refractivity contribution in [1.82, 2.24) is 4.31 Å². The van der Waals surface area contributed by atoms with Crippen LogP contribution in [0.4, 0.5) is 0 Å². The van der Waals surface area contributed by atoms with E-state index in [0.717, 1.165) is 0 Å². The lowest BCUT2D eigenvalue weighted by molar-refractivity contribution is -0.0440. The number of morpholine rings is 1. The Kier molecular flexibility index (Phi) is 3.88. The molecule has 1 saturated heterocycles. The van der Waals surface area contributed by atoms with Gasteiger partial charge in [-0.25, -0.2) is 8.42 Å². The third kappa shape index (κ3) is 2.91. The molecular formula is C8H18N2O3S. The Morgan fingerprint density at radius 2 is 1.86 bits per heavy atom. The van der Waals surface area contributed by atoms with Crippen molar-refractivity contribution < 1.29 is 13.2 Å². The van der Waals surface area contributed by atoms with Gasteiger partial charge in [0.05, 0.1) is 18.0 Å². The molecule has 5 nitrogen and oxygen atoms in total. The Balaban J connectivity index is 2.68. The molecule has 14 heavy (non-hydrogen) atoms. The van der Waals surface area contributed by atoms with Crippen LogP contribution in [-0.4, -0.2) is 50.3 Å². The first-order valence-electron chi connectivity index (χ1n) is 4.79. The minimum absolute atomic E-state index is 0.0203. The molecule has 1 aliphatic rings. The molecule has 0 spiro atoms. The van der Waals surface area contributed by atoms with Crippen LogP contribution in [0, 0.1) is 0 Å². The minimum Gasteiger partial charge on any atom is -0.373 e. The van der Waals surface area contributed by atoms with Crippen molar-refractivity contribution in [2.75, 3.05) is 25.4 Å². The molecule has 0 saturated carbocycles. The van der Waals surface area contributed by atoms with Crippen molar-refractivity contribution in [3.05, 3.63) is 0 Å². The van der Waals surface area contributed by atoms with Crippen LogP contribution in [0.2, 0.25) is 0 Å². The number of nitrogens with two attached hydrogens (primary N) is 1. The summed E-state index contributed by atoms with van der Waals surface area (Å²) in [5, 5.41) is 0. The van der Waals surface area contributed by atoms with Crippen molar-refractivity contribution in [3.63, 3.8) is 0 Å². The summed E-state index contributed by atoms with van der Waals surface area (Å²) in [5.41, 5.74) is 5.25. The first kappa shape index (κ1) is 11.9. The number of rotatable bonds is 3. The van der Waals surface area contributed by atoms with Crippen LogP contribution in [0.15, 0.2) is 0 Å². The molecule has 6 heteroatoms. The lowest BCUT2D eigenvalue weighted by Crippen LogP contribution is -2.49. The second-order valence-electron chi connectivity index (χ2n) is 3.68. The Morgan fingerprint density at radius 3 is 2.29 bits per heavy atom. The van der Waals surface area contributed by atoms with E-state index in [4.69, 9.17) is 10.5 Å². The molecule has 0 aromatic rings. The predicted octanol–water partition coefficient (Wildman–Crippen LogP) is -0.616. The van der Waals surface area contributed by atoms with E-state index in [0.29, 0.717) is 13.1 Å². The van der Waals surface area contributed by atoms with Gasteiger partial charge < -0.3 is 10.5 Å². The molecule has 0 aromatic carbocycles. The quantitative estimate of drug-likeness (QED) is 0.691. The highest BCUT2D eigenvalue weighted by Crippen LogP contribution is 2.14. The van der Waals surface area contributed by atoms with Gasteiger partial charge in [0.25, 0.3) is 0 Å². The zero-order chi connectivity index (χ0) is 10.8. The van der Waals surface area contributed by atoms with Crippen molar-refractivity contribution in [2.45, 2.75) is 26.1 Å². The summed E-state index contributed by atoms with van der Waals surface area (Å²) in [4.78, 5) is 0. The van der Waals surface area contributed by atoms with E-state index in [1.54, 1.807) is 0 Å². The van der Waals surface area contributed by atoms with Gasteiger partial charge in [-0.15, -0.1) is 0 Å². The van der Waals surface area contributed by atoms with Crippen molar-refractivity contribution in [2.24, 2.45) is 5.73 Å². The number of sulfonamides is 1. The minimum atomic E-state index is -3.17. The molecular weight excluding hydrogens is 204 g/mol. The van der Waals surface area contributed by atoms with Crippen molar-refractivity contribution in [1.29, 1.82) is 0 Å². The van der Waals surface area contributed by atoms with E-state index in [1.807, 2.05) is 13.8 Å². The molecule has 84 valence electrons. The van der Waals surface area contributed by atoms with Crippen molar-refractivity contribution >= 4 is 10.0 Å². The van der Waals surface area contributed by atoms with Crippen LogP contribution < -0.4 is 5.73 Å². The number of nitrogens with zero attached hydrogens (tertiary/aromatic N) is 1. The maximum Gasteiger partial charge on any atom is 0.215 e. The van der Waals surface area contributed by atoms with Gasteiger partial charge in [-0.2, -0.15) is 4.31 Å². The molecule has 1 heterocycles. The second kappa shape index (κ2) is 4.57. The molecule has 0 amide bonds. The normalized spacial score (nSPS) is 30.5. The summed E-state index contributed by atoms with van der Waals surface area (Å²) >= 11 is 0. The van der Waals surface area contributed by atoms with E-state index in [9.17, 15) is 8.42 Å². The molecule has 2 atom stereocenters. The summed E-state index contributed by atoms with van der Waals surface area (Å²) in [5.74, 6) is 0.0203. The summed E-state index contributed by atoms with van der Waals surface area (Å²) in [6.07, 6.45) is -0.0717. The van der Waals surface area contributed by atoms with Crippen LogP contribution in [0.1, 0.15) is 13.8 Å². The molecule has 0 unspecified atom stereocenters. The van der Waals surface area contributed by atoms with Gasteiger partial charge in [0.15, 0.2) is 0 Å². The van der Waals surface area contributed by atoms with Gasteiger partial charge in [-0.05, 0) is 13.8 Å². The van der Waals surface area contributed by atoms with Crippen LogP contribution in [-0.2, 0) is 14.8 Å². The summed E-state index contributed by atoms with van der Waals surface area (Å²) in [6, 6.07) is 0. The van der Waals surface area contributed by atoms with E-state index in [1.165, 1.54) is 4.31 Å². The smallest absolute Gasteiger partial charge is 0.215 e. The van der Waals surface area contributed by atoms with Gasteiger partial charge >= 0.3 is 0 Å². The highest BCUT2D eigenvalue weighted by molar-refractivity contribution is 7.89. The van der Waals surface area contributed by atoms with E-state index in [2.05, 4.69) is 0 Å². The standard InChI is InChI=1S/C8H18N2O3S/c1-7-5-10(6-8(2)13-7)14(11,12)4-3-9/h7-8H,3-6,9H2,1-2H3/t7-,8-/m0/s1. The first-order chi connectivity index (χ1) is 6.45. The maximum atomic E-state index is 11.7. The third-order valence-corrected chi connectivity index (χ3v) is 3.99. The fourth-order valence-corrected chi connectivity index (χ4v) is 3.07. The first-order valence-corrected chi connectivity index (χ1v) is 6.40. The Bertz CT molecular complexity index is 268. The molecule has 0 aromatic heterocycles. The van der Waals surface area contributed by atoms with Gasteiger partial charge in [-0.3, -0.25) is 0 Å². The average Bonchev–Trinajstić information content (AvgIpc) is 2.02. The predicted molar refractivity (Wildman–Crippen MR) is 54.4 cm³/mol.